The van der Waals surface area contributed by atoms with E-state index in [2.05, 4.69) is 22.5 Å². The maximum absolute atomic E-state index is 11.4. The first-order chi connectivity index (χ1) is 8.67. The normalized spacial score (nSPS) is 11.9. The van der Waals surface area contributed by atoms with Gasteiger partial charge < -0.3 is 16.4 Å². The summed E-state index contributed by atoms with van der Waals surface area (Å²) in [7, 11) is 1.60. The van der Waals surface area contributed by atoms with Crippen molar-refractivity contribution in [1.82, 2.24) is 10.3 Å². The monoisotopic (exact) mass is 250 g/mol. The number of nitrogens with one attached hydrogen (secondary N) is 2. The van der Waals surface area contributed by atoms with Crippen LogP contribution in [0.5, 0.6) is 0 Å². The molecule has 0 saturated heterocycles. The molecule has 0 aliphatic carbocycles. The molecule has 1 aromatic heterocycles. The van der Waals surface area contributed by atoms with Crippen LogP contribution in [0.25, 0.3) is 0 Å². The molecule has 0 aliphatic rings. The highest BCUT2D eigenvalue weighted by Crippen LogP contribution is 2.09. The molecule has 0 fully saturated rings. The summed E-state index contributed by atoms with van der Waals surface area (Å²) >= 11 is 0. The zero-order chi connectivity index (χ0) is 13.4. The highest BCUT2D eigenvalue weighted by atomic mass is 16.1. The van der Waals surface area contributed by atoms with Crippen molar-refractivity contribution in [3.8, 4) is 0 Å². The van der Waals surface area contributed by atoms with Crippen LogP contribution in [0.1, 0.15) is 30.3 Å². The standard InChI is InChI=1S/C13H22N4O/c1-10(9-14)4-3-6-16-11-5-7-17-12(8-11)13(18)15-2/h5,7-8,10H,3-4,6,9,14H2,1-2H3,(H,15,18)(H,16,17). The number of aromatic nitrogens is 1. The Kier molecular flexibility index (Phi) is 6.14. The van der Waals surface area contributed by atoms with Gasteiger partial charge in [0.15, 0.2) is 0 Å². The minimum atomic E-state index is -0.171. The number of hydrogen-bond acceptors (Lipinski definition) is 4. The zero-order valence-electron chi connectivity index (χ0n) is 11.1. The van der Waals surface area contributed by atoms with Gasteiger partial charge in [0.25, 0.3) is 5.91 Å². The Bertz CT molecular complexity index is 381. The number of amides is 1. The van der Waals surface area contributed by atoms with Crippen molar-refractivity contribution in [2.24, 2.45) is 11.7 Å². The topological polar surface area (TPSA) is 80.0 Å². The van der Waals surface area contributed by atoms with Gasteiger partial charge in [-0.05, 0) is 37.4 Å². The van der Waals surface area contributed by atoms with E-state index >= 15 is 0 Å². The SMILES string of the molecule is CNC(=O)c1cc(NCCCC(C)CN)ccn1. The molecule has 0 saturated carbocycles. The van der Waals surface area contributed by atoms with Gasteiger partial charge in [0, 0.05) is 25.5 Å². The van der Waals surface area contributed by atoms with Crippen molar-refractivity contribution in [2.75, 3.05) is 25.5 Å². The van der Waals surface area contributed by atoms with E-state index in [1.807, 2.05) is 6.07 Å². The summed E-state index contributed by atoms with van der Waals surface area (Å²) in [6, 6.07) is 3.62. The maximum atomic E-state index is 11.4. The number of nitrogens with two attached hydrogens (primary N) is 1. The van der Waals surface area contributed by atoms with Gasteiger partial charge in [0.2, 0.25) is 0 Å². The molecule has 5 heteroatoms. The van der Waals surface area contributed by atoms with Crippen LogP contribution in [0.15, 0.2) is 18.3 Å². The predicted molar refractivity (Wildman–Crippen MR) is 73.6 cm³/mol. The molecular weight excluding hydrogens is 228 g/mol. The lowest BCUT2D eigenvalue weighted by Gasteiger charge is -2.10. The van der Waals surface area contributed by atoms with Crippen molar-refractivity contribution in [2.45, 2.75) is 19.8 Å². The zero-order valence-corrected chi connectivity index (χ0v) is 11.1. The lowest BCUT2D eigenvalue weighted by Crippen LogP contribution is -2.19. The molecule has 1 aromatic rings. The summed E-state index contributed by atoms with van der Waals surface area (Å²) in [6.07, 6.45) is 3.81. The molecule has 0 aliphatic heterocycles. The third kappa shape index (κ3) is 4.71. The molecule has 0 spiro atoms. The van der Waals surface area contributed by atoms with E-state index in [9.17, 15) is 4.79 Å². The highest BCUT2D eigenvalue weighted by Gasteiger charge is 2.05. The number of nitrogens with zero attached hydrogens (tertiary/aromatic N) is 1. The highest BCUT2D eigenvalue weighted by molar-refractivity contribution is 5.92. The molecule has 4 N–H and O–H groups in total. The quantitative estimate of drug-likeness (QED) is 0.636. The summed E-state index contributed by atoms with van der Waals surface area (Å²) < 4.78 is 0. The van der Waals surface area contributed by atoms with E-state index in [1.54, 1.807) is 19.3 Å². The molecular formula is C13H22N4O. The summed E-state index contributed by atoms with van der Waals surface area (Å²) in [5.74, 6) is 0.390. The minimum Gasteiger partial charge on any atom is -0.385 e. The third-order valence-electron chi connectivity index (χ3n) is 2.82. The third-order valence-corrected chi connectivity index (χ3v) is 2.82. The lowest BCUT2D eigenvalue weighted by atomic mass is 10.1. The Morgan fingerprint density at radius 1 is 1.56 bits per heavy atom. The van der Waals surface area contributed by atoms with Crippen LogP contribution >= 0.6 is 0 Å². The molecule has 1 heterocycles. The van der Waals surface area contributed by atoms with Crippen LogP contribution in [-0.2, 0) is 0 Å². The summed E-state index contributed by atoms with van der Waals surface area (Å²) in [6.45, 7) is 3.76. The minimum absolute atomic E-state index is 0.171. The fourth-order valence-corrected chi connectivity index (χ4v) is 1.59. The Balaban J connectivity index is 2.40. The number of anilines is 1. The van der Waals surface area contributed by atoms with E-state index in [0.29, 0.717) is 11.6 Å². The fraction of sp³-hybridized carbons (Fsp3) is 0.538. The fourth-order valence-electron chi connectivity index (χ4n) is 1.59. The van der Waals surface area contributed by atoms with Crippen LogP contribution in [0, 0.1) is 5.92 Å². The number of carbonyl (C=O) groups excluding carboxylic acids is 1. The molecule has 100 valence electrons. The number of carbonyl (C=O) groups is 1. The molecule has 18 heavy (non-hydrogen) atoms. The Hall–Kier alpha value is -1.62. The van der Waals surface area contributed by atoms with E-state index in [4.69, 9.17) is 5.73 Å². The van der Waals surface area contributed by atoms with E-state index in [0.717, 1.165) is 31.6 Å². The Morgan fingerprint density at radius 2 is 2.33 bits per heavy atom. The largest absolute Gasteiger partial charge is 0.385 e. The predicted octanol–water partition coefficient (Wildman–Crippen LogP) is 1.23. The molecule has 1 amide bonds. The first-order valence-electron chi connectivity index (χ1n) is 6.29. The second-order valence-corrected chi connectivity index (χ2v) is 4.42. The number of pyridine rings is 1. The number of hydrogen-bond donors (Lipinski definition) is 3. The van der Waals surface area contributed by atoms with Gasteiger partial charge in [-0.1, -0.05) is 6.92 Å². The van der Waals surface area contributed by atoms with Crippen LogP contribution in [0.2, 0.25) is 0 Å². The van der Waals surface area contributed by atoms with Gasteiger partial charge in [-0.15, -0.1) is 0 Å². The summed E-state index contributed by atoms with van der Waals surface area (Å²) in [5.41, 5.74) is 6.91. The van der Waals surface area contributed by atoms with E-state index < -0.39 is 0 Å². The first kappa shape index (κ1) is 14.4. The van der Waals surface area contributed by atoms with Crippen molar-refractivity contribution >= 4 is 11.6 Å². The van der Waals surface area contributed by atoms with Crippen molar-refractivity contribution < 1.29 is 4.79 Å². The molecule has 0 radical (unpaired) electrons. The second kappa shape index (κ2) is 7.66. The van der Waals surface area contributed by atoms with Crippen LogP contribution in [0.4, 0.5) is 5.69 Å². The Labute approximate surface area is 108 Å². The maximum Gasteiger partial charge on any atom is 0.269 e. The van der Waals surface area contributed by atoms with Gasteiger partial charge in [-0.2, -0.15) is 0 Å². The summed E-state index contributed by atoms with van der Waals surface area (Å²) in [4.78, 5) is 15.4. The average molecular weight is 250 g/mol. The van der Waals surface area contributed by atoms with Gasteiger partial charge in [-0.3, -0.25) is 9.78 Å². The van der Waals surface area contributed by atoms with Crippen LogP contribution in [-0.4, -0.2) is 31.0 Å². The van der Waals surface area contributed by atoms with E-state index in [-0.39, 0.29) is 5.91 Å². The molecule has 0 bridgehead atoms. The van der Waals surface area contributed by atoms with Crippen LogP contribution in [0.3, 0.4) is 0 Å². The summed E-state index contributed by atoms with van der Waals surface area (Å²) in [5, 5.41) is 5.84. The molecule has 1 unspecified atom stereocenters. The van der Waals surface area contributed by atoms with Crippen LogP contribution < -0.4 is 16.4 Å². The van der Waals surface area contributed by atoms with Gasteiger partial charge >= 0.3 is 0 Å². The van der Waals surface area contributed by atoms with Crippen molar-refractivity contribution in [1.29, 1.82) is 0 Å². The van der Waals surface area contributed by atoms with Gasteiger partial charge in [-0.25, -0.2) is 0 Å². The smallest absolute Gasteiger partial charge is 0.269 e. The molecule has 1 atom stereocenters. The van der Waals surface area contributed by atoms with Gasteiger partial charge in [0.05, 0.1) is 0 Å². The lowest BCUT2D eigenvalue weighted by molar-refractivity contribution is 0.0958. The molecule has 1 rings (SSSR count). The van der Waals surface area contributed by atoms with Crippen molar-refractivity contribution in [3.05, 3.63) is 24.0 Å². The average Bonchev–Trinajstić information content (AvgIpc) is 2.42. The number of rotatable bonds is 7. The Morgan fingerprint density at radius 3 is 3.00 bits per heavy atom. The van der Waals surface area contributed by atoms with E-state index in [1.165, 1.54) is 0 Å². The van der Waals surface area contributed by atoms with Crippen molar-refractivity contribution in [3.63, 3.8) is 0 Å². The van der Waals surface area contributed by atoms with Gasteiger partial charge in [0.1, 0.15) is 5.69 Å². The second-order valence-electron chi connectivity index (χ2n) is 4.42. The first-order valence-corrected chi connectivity index (χ1v) is 6.29. The molecule has 5 nitrogen and oxygen atoms in total. The molecule has 0 aromatic carbocycles.